The first-order chi connectivity index (χ1) is 9.95. The van der Waals surface area contributed by atoms with Crippen molar-refractivity contribution >= 4 is 17.3 Å². The number of nitrogen functional groups attached to an aromatic ring is 1. The Morgan fingerprint density at radius 2 is 1.95 bits per heavy atom. The summed E-state index contributed by atoms with van der Waals surface area (Å²) in [5, 5.41) is 0. The van der Waals surface area contributed by atoms with Crippen LogP contribution in [0.5, 0.6) is 0 Å². The zero-order valence-electron chi connectivity index (χ0n) is 11.9. The van der Waals surface area contributed by atoms with E-state index in [0.717, 1.165) is 17.7 Å². The number of amides is 1. The van der Waals surface area contributed by atoms with Crippen LogP contribution in [0.4, 0.5) is 20.2 Å². The predicted octanol–water partition coefficient (Wildman–Crippen LogP) is 3.52. The topological polar surface area (TPSA) is 46.3 Å². The van der Waals surface area contributed by atoms with Crippen LogP contribution in [0, 0.1) is 18.6 Å². The lowest BCUT2D eigenvalue weighted by molar-refractivity contribution is 0.0980. The first-order valence-electron chi connectivity index (χ1n) is 6.57. The SMILES string of the molecule is CCN(C(=O)c1c(F)ccc(N)c1F)c1cccc(C)c1. The molecule has 0 aliphatic rings. The van der Waals surface area contributed by atoms with Crippen molar-refractivity contribution in [3.63, 3.8) is 0 Å². The van der Waals surface area contributed by atoms with Crippen LogP contribution < -0.4 is 10.6 Å². The second-order valence-electron chi connectivity index (χ2n) is 4.71. The quantitative estimate of drug-likeness (QED) is 0.879. The van der Waals surface area contributed by atoms with Gasteiger partial charge in [0.1, 0.15) is 11.4 Å². The Hall–Kier alpha value is -2.43. The number of carbonyl (C=O) groups is 1. The Labute approximate surface area is 122 Å². The molecule has 3 nitrogen and oxygen atoms in total. The summed E-state index contributed by atoms with van der Waals surface area (Å²) in [5.74, 6) is -2.69. The van der Waals surface area contributed by atoms with Gasteiger partial charge in [-0.25, -0.2) is 8.78 Å². The Kier molecular flexibility index (Phi) is 4.21. The summed E-state index contributed by atoms with van der Waals surface area (Å²) in [6, 6.07) is 9.26. The molecule has 0 aliphatic carbocycles. The molecule has 2 aromatic carbocycles. The van der Waals surface area contributed by atoms with E-state index in [4.69, 9.17) is 5.73 Å². The number of halogens is 2. The van der Waals surface area contributed by atoms with E-state index in [1.807, 2.05) is 13.0 Å². The Balaban J connectivity index is 2.49. The molecule has 0 aliphatic heterocycles. The van der Waals surface area contributed by atoms with Crippen molar-refractivity contribution < 1.29 is 13.6 Å². The first-order valence-corrected chi connectivity index (χ1v) is 6.57. The zero-order chi connectivity index (χ0) is 15.6. The fraction of sp³-hybridized carbons (Fsp3) is 0.188. The van der Waals surface area contributed by atoms with Crippen LogP contribution in [0.3, 0.4) is 0 Å². The number of carbonyl (C=O) groups excluding carboxylic acids is 1. The first kappa shape index (κ1) is 15.0. The normalized spacial score (nSPS) is 10.5. The van der Waals surface area contributed by atoms with Crippen LogP contribution >= 0.6 is 0 Å². The molecule has 0 unspecified atom stereocenters. The summed E-state index contributed by atoms with van der Waals surface area (Å²) in [6.07, 6.45) is 0. The summed E-state index contributed by atoms with van der Waals surface area (Å²) >= 11 is 0. The van der Waals surface area contributed by atoms with Crippen molar-refractivity contribution in [3.05, 3.63) is 59.2 Å². The molecule has 0 fully saturated rings. The monoisotopic (exact) mass is 290 g/mol. The van der Waals surface area contributed by atoms with Crippen molar-refractivity contribution in [2.75, 3.05) is 17.2 Å². The third-order valence-corrected chi connectivity index (χ3v) is 3.21. The van der Waals surface area contributed by atoms with E-state index in [1.54, 1.807) is 25.1 Å². The zero-order valence-corrected chi connectivity index (χ0v) is 11.9. The van der Waals surface area contributed by atoms with Crippen molar-refractivity contribution in [3.8, 4) is 0 Å². The lowest BCUT2D eigenvalue weighted by Gasteiger charge is -2.22. The number of anilines is 2. The minimum atomic E-state index is -1.02. The minimum Gasteiger partial charge on any atom is -0.396 e. The highest BCUT2D eigenvalue weighted by molar-refractivity contribution is 6.07. The van der Waals surface area contributed by atoms with E-state index in [2.05, 4.69) is 0 Å². The number of aryl methyl sites for hydroxylation is 1. The summed E-state index contributed by atoms with van der Waals surface area (Å²) < 4.78 is 27.8. The molecule has 0 saturated heterocycles. The van der Waals surface area contributed by atoms with Crippen LogP contribution in [0.1, 0.15) is 22.8 Å². The Bertz CT molecular complexity index is 686. The van der Waals surface area contributed by atoms with Gasteiger partial charge in [0.25, 0.3) is 5.91 Å². The lowest BCUT2D eigenvalue weighted by atomic mass is 10.1. The summed E-state index contributed by atoms with van der Waals surface area (Å²) in [7, 11) is 0. The molecule has 5 heteroatoms. The van der Waals surface area contributed by atoms with E-state index in [0.29, 0.717) is 5.69 Å². The number of nitrogens with two attached hydrogens (primary N) is 1. The number of hydrogen-bond acceptors (Lipinski definition) is 2. The second kappa shape index (κ2) is 5.91. The summed E-state index contributed by atoms with van der Waals surface area (Å²) in [5.41, 5.74) is 6.08. The number of benzene rings is 2. The number of nitrogens with zero attached hydrogens (tertiary/aromatic N) is 1. The molecule has 0 atom stereocenters. The van der Waals surface area contributed by atoms with Crippen LogP contribution in [0.15, 0.2) is 36.4 Å². The molecule has 0 aromatic heterocycles. The molecule has 2 rings (SSSR count). The van der Waals surface area contributed by atoms with Crippen molar-refractivity contribution in [1.82, 2.24) is 0 Å². The van der Waals surface area contributed by atoms with E-state index >= 15 is 0 Å². The maximum absolute atomic E-state index is 14.0. The predicted molar refractivity (Wildman–Crippen MR) is 79.3 cm³/mol. The molecule has 1 amide bonds. The highest BCUT2D eigenvalue weighted by atomic mass is 19.1. The van der Waals surface area contributed by atoms with E-state index < -0.39 is 23.1 Å². The summed E-state index contributed by atoms with van der Waals surface area (Å²) in [6.45, 7) is 3.90. The molecular formula is C16H16F2N2O. The van der Waals surface area contributed by atoms with Crippen LogP contribution in [-0.2, 0) is 0 Å². The fourth-order valence-electron chi connectivity index (χ4n) is 2.14. The Morgan fingerprint density at radius 3 is 2.57 bits per heavy atom. The maximum atomic E-state index is 14.0. The van der Waals surface area contributed by atoms with Gasteiger partial charge in [0.15, 0.2) is 5.82 Å². The molecule has 0 spiro atoms. The van der Waals surface area contributed by atoms with Crippen LogP contribution in [-0.4, -0.2) is 12.5 Å². The Morgan fingerprint density at radius 1 is 1.24 bits per heavy atom. The van der Waals surface area contributed by atoms with Gasteiger partial charge in [0.05, 0.1) is 5.69 Å². The van der Waals surface area contributed by atoms with Crippen LogP contribution in [0.2, 0.25) is 0 Å². The van der Waals surface area contributed by atoms with Crippen molar-refractivity contribution in [2.45, 2.75) is 13.8 Å². The third-order valence-electron chi connectivity index (χ3n) is 3.21. The molecule has 110 valence electrons. The molecule has 2 aromatic rings. The molecule has 2 N–H and O–H groups in total. The molecular weight excluding hydrogens is 274 g/mol. The van der Waals surface area contributed by atoms with E-state index in [-0.39, 0.29) is 12.2 Å². The van der Waals surface area contributed by atoms with Gasteiger partial charge in [-0.3, -0.25) is 4.79 Å². The lowest BCUT2D eigenvalue weighted by Crippen LogP contribution is -2.32. The highest BCUT2D eigenvalue weighted by Gasteiger charge is 2.24. The van der Waals surface area contributed by atoms with Gasteiger partial charge in [0, 0.05) is 12.2 Å². The molecule has 0 radical (unpaired) electrons. The van der Waals surface area contributed by atoms with Gasteiger partial charge in [0.2, 0.25) is 0 Å². The smallest absolute Gasteiger partial charge is 0.264 e. The van der Waals surface area contributed by atoms with E-state index in [9.17, 15) is 13.6 Å². The van der Waals surface area contributed by atoms with Crippen LogP contribution in [0.25, 0.3) is 0 Å². The van der Waals surface area contributed by atoms with Gasteiger partial charge < -0.3 is 10.6 Å². The molecule has 0 bridgehead atoms. The van der Waals surface area contributed by atoms with Gasteiger partial charge in [-0.05, 0) is 43.7 Å². The van der Waals surface area contributed by atoms with Crippen molar-refractivity contribution in [2.24, 2.45) is 0 Å². The third kappa shape index (κ3) is 2.86. The standard InChI is InChI=1S/C16H16F2N2O/c1-3-20(11-6-4-5-10(2)9-11)16(21)14-12(17)7-8-13(19)15(14)18/h4-9H,3,19H2,1-2H3. The average molecular weight is 290 g/mol. The molecule has 21 heavy (non-hydrogen) atoms. The van der Waals surface area contributed by atoms with Gasteiger partial charge in [-0.2, -0.15) is 0 Å². The molecule has 0 saturated carbocycles. The van der Waals surface area contributed by atoms with Gasteiger partial charge >= 0.3 is 0 Å². The largest absolute Gasteiger partial charge is 0.396 e. The molecule has 0 heterocycles. The van der Waals surface area contributed by atoms with Gasteiger partial charge in [-0.1, -0.05) is 12.1 Å². The fourth-order valence-corrected chi connectivity index (χ4v) is 2.14. The maximum Gasteiger partial charge on any atom is 0.264 e. The second-order valence-corrected chi connectivity index (χ2v) is 4.71. The van der Waals surface area contributed by atoms with Crippen molar-refractivity contribution in [1.29, 1.82) is 0 Å². The number of rotatable bonds is 3. The number of hydrogen-bond donors (Lipinski definition) is 1. The average Bonchev–Trinajstić information content (AvgIpc) is 2.44. The van der Waals surface area contributed by atoms with Gasteiger partial charge in [-0.15, -0.1) is 0 Å². The highest BCUT2D eigenvalue weighted by Crippen LogP contribution is 2.24. The minimum absolute atomic E-state index is 0.250. The summed E-state index contributed by atoms with van der Waals surface area (Å²) in [4.78, 5) is 13.8. The van der Waals surface area contributed by atoms with E-state index in [1.165, 1.54) is 4.90 Å².